The van der Waals surface area contributed by atoms with Crippen LogP contribution in [0.2, 0.25) is 0 Å². The van der Waals surface area contributed by atoms with Gasteiger partial charge in [0.05, 0.1) is 6.54 Å². The van der Waals surface area contributed by atoms with E-state index in [0.29, 0.717) is 6.54 Å². The minimum absolute atomic E-state index is 0.0908. The van der Waals surface area contributed by atoms with E-state index >= 15 is 0 Å². The molecule has 2 rings (SSSR count). The summed E-state index contributed by atoms with van der Waals surface area (Å²) in [4.78, 5) is 14.3. The highest BCUT2D eigenvalue weighted by Crippen LogP contribution is 2.23. The van der Waals surface area contributed by atoms with E-state index in [-0.39, 0.29) is 11.3 Å². The Morgan fingerprint density at radius 3 is 2.29 bits per heavy atom. The zero-order valence-electron chi connectivity index (χ0n) is 13.8. The number of nitrogens with one attached hydrogen (secondary N) is 1. The van der Waals surface area contributed by atoms with Gasteiger partial charge in [-0.05, 0) is 55.0 Å². The van der Waals surface area contributed by atoms with E-state index in [4.69, 9.17) is 0 Å². The van der Waals surface area contributed by atoms with Gasteiger partial charge in [-0.1, -0.05) is 39.8 Å². The van der Waals surface area contributed by atoms with Crippen LogP contribution in [0.1, 0.15) is 46.1 Å². The summed E-state index contributed by atoms with van der Waals surface area (Å²) in [6.07, 6.45) is 2.40. The molecular formula is C18H28N2O. The van der Waals surface area contributed by atoms with Gasteiger partial charge in [0.2, 0.25) is 5.91 Å². The number of carbonyl (C=O) groups is 1. The van der Waals surface area contributed by atoms with E-state index in [1.165, 1.54) is 18.4 Å². The summed E-state index contributed by atoms with van der Waals surface area (Å²) in [6.45, 7) is 11.4. The van der Waals surface area contributed by atoms with Crippen molar-refractivity contribution < 1.29 is 4.79 Å². The Balaban J connectivity index is 1.85. The lowest BCUT2D eigenvalue weighted by Gasteiger charge is -2.29. The number of likely N-dealkylation sites (tertiary alicyclic amines) is 1. The third-order valence-electron chi connectivity index (χ3n) is 4.28. The second kappa shape index (κ2) is 6.61. The number of piperidine rings is 1. The molecule has 116 valence electrons. The molecule has 0 aromatic heterocycles. The monoisotopic (exact) mass is 288 g/mol. The SMILES string of the molecule is CC1CCN(CC(=O)Nc2ccc(C(C)(C)C)cc2)CC1. The number of anilines is 1. The molecule has 0 atom stereocenters. The van der Waals surface area contributed by atoms with Gasteiger partial charge in [-0.25, -0.2) is 0 Å². The second-order valence-corrected chi connectivity index (χ2v) is 7.33. The first-order valence-corrected chi connectivity index (χ1v) is 7.97. The van der Waals surface area contributed by atoms with Gasteiger partial charge in [0.15, 0.2) is 0 Å². The lowest BCUT2D eigenvalue weighted by molar-refractivity contribution is -0.117. The summed E-state index contributed by atoms with van der Waals surface area (Å²) in [5.41, 5.74) is 2.32. The van der Waals surface area contributed by atoms with Crippen LogP contribution in [-0.2, 0) is 10.2 Å². The number of carbonyl (C=O) groups excluding carboxylic acids is 1. The molecule has 0 saturated carbocycles. The smallest absolute Gasteiger partial charge is 0.238 e. The van der Waals surface area contributed by atoms with Gasteiger partial charge in [-0.15, -0.1) is 0 Å². The number of amides is 1. The summed E-state index contributed by atoms with van der Waals surface area (Å²) in [5, 5.41) is 3.00. The topological polar surface area (TPSA) is 32.3 Å². The number of rotatable bonds is 3. The predicted molar refractivity (Wildman–Crippen MR) is 88.6 cm³/mol. The van der Waals surface area contributed by atoms with Crippen LogP contribution in [0, 0.1) is 5.92 Å². The van der Waals surface area contributed by atoms with Gasteiger partial charge in [0, 0.05) is 5.69 Å². The highest BCUT2D eigenvalue weighted by atomic mass is 16.2. The molecule has 1 heterocycles. The highest BCUT2D eigenvalue weighted by molar-refractivity contribution is 5.92. The third kappa shape index (κ3) is 4.85. The summed E-state index contributed by atoms with van der Waals surface area (Å²) in [6, 6.07) is 8.18. The van der Waals surface area contributed by atoms with Crippen molar-refractivity contribution in [3.63, 3.8) is 0 Å². The van der Waals surface area contributed by atoms with Crippen molar-refractivity contribution in [2.24, 2.45) is 5.92 Å². The van der Waals surface area contributed by atoms with Crippen LogP contribution in [-0.4, -0.2) is 30.4 Å². The first-order valence-electron chi connectivity index (χ1n) is 7.97. The van der Waals surface area contributed by atoms with E-state index in [9.17, 15) is 4.79 Å². The van der Waals surface area contributed by atoms with Gasteiger partial charge in [-0.2, -0.15) is 0 Å². The van der Waals surface area contributed by atoms with Crippen molar-refractivity contribution in [3.8, 4) is 0 Å². The average Bonchev–Trinajstić information content (AvgIpc) is 2.41. The van der Waals surface area contributed by atoms with Crippen LogP contribution in [0.5, 0.6) is 0 Å². The molecule has 1 aromatic rings. The molecular weight excluding hydrogens is 260 g/mol. The normalized spacial score (nSPS) is 17.7. The molecule has 0 radical (unpaired) electrons. The molecule has 1 fully saturated rings. The minimum atomic E-state index is 0.0908. The Morgan fingerprint density at radius 2 is 1.76 bits per heavy atom. The molecule has 0 bridgehead atoms. The molecule has 0 spiro atoms. The van der Waals surface area contributed by atoms with Crippen molar-refractivity contribution in [1.82, 2.24) is 4.90 Å². The Kier molecular flexibility index (Phi) is 5.04. The van der Waals surface area contributed by atoms with Gasteiger partial charge in [0.25, 0.3) is 0 Å². The average molecular weight is 288 g/mol. The number of hydrogen-bond donors (Lipinski definition) is 1. The van der Waals surface area contributed by atoms with Gasteiger partial charge in [-0.3, -0.25) is 9.69 Å². The van der Waals surface area contributed by atoms with Crippen molar-refractivity contribution in [1.29, 1.82) is 0 Å². The van der Waals surface area contributed by atoms with Gasteiger partial charge >= 0.3 is 0 Å². The van der Waals surface area contributed by atoms with Crippen LogP contribution >= 0.6 is 0 Å². The zero-order chi connectivity index (χ0) is 15.5. The van der Waals surface area contributed by atoms with Crippen molar-refractivity contribution in [3.05, 3.63) is 29.8 Å². The quantitative estimate of drug-likeness (QED) is 0.920. The van der Waals surface area contributed by atoms with Gasteiger partial charge < -0.3 is 5.32 Å². The van der Waals surface area contributed by atoms with E-state index < -0.39 is 0 Å². The van der Waals surface area contributed by atoms with Crippen LogP contribution in [0.15, 0.2) is 24.3 Å². The standard InChI is InChI=1S/C18H28N2O/c1-14-9-11-20(12-10-14)13-17(21)19-16-7-5-15(6-8-16)18(2,3)4/h5-8,14H,9-13H2,1-4H3,(H,19,21). The lowest BCUT2D eigenvalue weighted by Crippen LogP contribution is -2.38. The minimum Gasteiger partial charge on any atom is -0.325 e. The Morgan fingerprint density at radius 1 is 1.19 bits per heavy atom. The number of benzene rings is 1. The van der Waals surface area contributed by atoms with Crippen molar-refractivity contribution >= 4 is 11.6 Å². The fraction of sp³-hybridized carbons (Fsp3) is 0.611. The first-order chi connectivity index (χ1) is 9.84. The Hall–Kier alpha value is -1.35. The predicted octanol–water partition coefficient (Wildman–Crippen LogP) is 3.65. The summed E-state index contributed by atoms with van der Waals surface area (Å²) < 4.78 is 0. The molecule has 1 aromatic carbocycles. The molecule has 21 heavy (non-hydrogen) atoms. The number of hydrogen-bond acceptors (Lipinski definition) is 2. The first kappa shape index (κ1) is 16.0. The fourth-order valence-electron chi connectivity index (χ4n) is 2.68. The maximum absolute atomic E-state index is 12.1. The van der Waals surface area contributed by atoms with Gasteiger partial charge in [0.1, 0.15) is 0 Å². The fourth-order valence-corrected chi connectivity index (χ4v) is 2.68. The third-order valence-corrected chi connectivity index (χ3v) is 4.28. The largest absolute Gasteiger partial charge is 0.325 e. The number of nitrogens with zero attached hydrogens (tertiary/aromatic N) is 1. The van der Waals surface area contributed by atoms with Crippen LogP contribution in [0.25, 0.3) is 0 Å². The molecule has 1 saturated heterocycles. The molecule has 0 unspecified atom stereocenters. The second-order valence-electron chi connectivity index (χ2n) is 7.33. The summed E-state index contributed by atoms with van der Waals surface area (Å²) in [5.74, 6) is 0.891. The Bertz CT molecular complexity index is 465. The highest BCUT2D eigenvalue weighted by Gasteiger charge is 2.18. The van der Waals surface area contributed by atoms with Crippen LogP contribution in [0.4, 0.5) is 5.69 Å². The van der Waals surface area contributed by atoms with Crippen molar-refractivity contribution in [2.75, 3.05) is 25.0 Å². The van der Waals surface area contributed by atoms with Crippen molar-refractivity contribution in [2.45, 2.75) is 46.0 Å². The lowest BCUT2D eigenvalue weighted by atomic mass is 9.87. The molecule has 3 heteroatoms. The Labute approximate surface area is 128 Å². The molecule has 1 amide bonds. The molecule has 1 N–H and O–H groups in total. The zero-order valence-corrected chi connectivity index (χ0v) is 13.8. The van der Waals surface area contributed by atoms with E-state index in [0.717, 1.165) is 24.7 Å². The molecule has 1 aliphatic rings. The molecule has 0 aliphatic carbocycles. The van der Waals surface area contributed by atoms with Crippen LogP contribution in [0.3, 0.4) is 0 Å². The van der Waals surface area contributed by atoms with E-state index in [2.05, 4.69) is 50.0 Å². The van der Waals surface area contributed by atoms with Crippen LogP contribution < -0.4 is 5.32 Å². The summed E-state index contributed by atoms with van der Waals surface area (Å²) in [7, 11) is 0. The maximum Gasteiger partial charge on any atom is 0.238 e. The molecule has 1 aliphatic heterocycles. The van der Waals surface area contributed by atoms with E-state index in [1.807, 2.05) is 12.1 Å². The van der Waals surface area contributed by atoms with E-state index in [1.54, 1.807) is 0 Å². The maximum atomic E-state index is 12.1. The molecule has 3 nitrogen and oxygen atoms in total. The summed E-state index contributed by atoms with van der Waals surface area (Å²) >= 11 is 0.